The zero-order valence-corrected chi connectivity index (χ0v) is 21.8. The lowest BCUT2D eigenvalue weighted by Gasteiger charge is -2.16. The highest BCUT2D eigenvalue weighted by molar-refractivity contribution is 5.88. The summed E-state index contributed by atoms with van der Waals surface area (Å²) in [5, 5.41) is 31.6. The van der Waals surface area contributed by atoms with E-state index in [1.165, 1.54) is 16.8 Å². The number of halogens is 2. The van der Waals surface area contributed by atoms with Gasteiger partial charge in [-0.3, -0.25) is 10.4 Å². The molecule has 4 aromatic rings. The molecule has 0 saturated carbocycles. The molecule has 0 bridgehead atoms. The van der Waals surface area contributed by atoms with E-state index in [0.29, 0.717) is 17.1 Å². The lowest BCUT2D eigenvalue weighted by molar-refractivity contribution is 0.0518. The third-order valence-corrected chi connectivity index (χ3v) is 6.40. The van der Waals surface area contributed by atoms with Crippen molar-refractivity contribution >= 4 is 17.5 Å². The number of aromatic nitrogens is 4. The second-order valence-corrected chi connectivity index (χ2v) is 9.22. The van der Waals surface area contributed by atoms with Crippen LogP contribution in [-0.2, 0) is 0 Å². The van der Waals surface area contributed by atoms with E-state index < -0.39 is 30.4 Å². The van der Waals surface area contributed by atoms with Crippen LogP contribution in [-0.4, -0.2) is 68.6 Å². The van der Waals surface area contributed by atoms with Gasteiger partial charge < -0.3 is 25.6 Å². The van der Waals surface area contributed by atoms with Crippen LogP contribution in [0.5, 0.6) is 5.88 Å². The van der Waals surface area contributed by atoms with Crippen molar-refractivity contribution in [1.29, 1.82) is 0 Å². The smallest absolute Gasteiger partial charge is 0.317 e. The molecule has 2 aromatic carbocycles. The first-order valence-electron chi connectivity index (χ1n) is 12.6. The molecule has 13 heteroatoms. The molecular weight excluding hydrogens is 524 g/mol. The SMILES string of the molecule is Cc1c(OCC(O)CO)nn(-c2ccccc2)c1NC(N)=O.Fc1ccc(C2CCN(c3cn[nH]c3)C2)cc1F. The number of rotatable bonds is 8. The van der Waals surface area contributed by atoms with Gasteiger partial charge in [0.15, 0.2) is 11.6 Å². The maximum absolute atomic E-state index is 13.2. The Balaban J connectivity index is 0.000000188. The molecule has 11 nitrogen and oxygen atoms in total. The number of hydrogen-bond acceptors (Lipinski definition) is 7. The molecule has 1 saturated heterocycles. The number of aliphatic hydroxyl groups is 2. The van der Waals surface area contributed by atoms with Crippen LogP contribution in [0.25, 0.3) is 5.69 Å². The molecule has 212 valence electrons. The van der Waals surface area contributed by atoms with Gasteiger partial charge in [-0.1, -0.05) is 24.3 Å². The standard InChI is InChI=1S/C14H18N4O4.C13H13F2N3/c1-9-12(16-14(15)21)18(10-5-3-2-4-6-10)17-13(9)22-8-11(20)7-19;14-12-2-1-9(5-13(12)15)10-3-4-18(8-10)11-6-16-17-7-11/h2-6,11,19-20H,7-8H2,1H3,(H3,15,16,21);1-2,5-7,10H,3-4,8H2,(H,16,17). The maximum atomic E-state index is 13.2. The van der Waals surface area contributed by atoms with E-state index in [-0.39, 0.29) is 18.4 Å². The average molecular weight is 556 g/mol. The minimum Gasteiger partial charge on any atom is -0.474 e. The zero-order valence-electron chi connectivity index (χ0n) is 21.8. The lowest BCUT2D eigenvalue weighted by Crippen LogP contribution is -2.22. The number of aliphatic hydroxyl groups excluding tert-OH is 2. The Morgan fingerprint density at radius 1 is 1.23 bits per heavy atom. The fourth-order valence-electron chi connectivity index (χ4n) is 4.31. The second-order valence-electron chi connectivity index (χ2n) is 9.22. The van der Waals surface area contributed by atoms with Gasteiger partial charge in [0.25, 0.3) is 0 Å². The Bertz CT molecular complexity index is 1400. The molecule has 0 aliphatic carbocycles. The number of nitrogens with one attached hydrogen (secondary N) is 2. The van der Waals surface area contributed by atoms with Crippen molar-refractivity contribution in [3.8, 4) is 11.6 Å². The number of aromatic amines is 1. The predicted octanol–water partition coefficient (Wildman–Crippen LogP) is 3.09. The lowest BCUT2D eigenvalue weighted by atomic mass is 9.98. The van der Waals surface area contributed by atoms with Crippen molar-refractivity contribution in [3.05, 3.63) is 83.7 Å². The molecule has 1 fully saturated rings. The zero-order chi connectivity index (χ0) is 28.6. The summed E-state index contributed by atoms with van der Waals surface area (Å²) in [6.45, 7) is 2.90. The van der Waals surface area contributed by atoms with Gasteiger partial charge in [0, 0.05) is 25.2 Å². The van der Waals surface area contributed by atoms with E-state index >= 15 is 0 Å². The van der Waals surface area contributed by atoms with E-state index in [1.54, 1.807) is 19.2 Å². The van der Waals surface area contributed by atoms with Crippen LogP contribution in [0.15, 0.2) is 60.9 Å². The first-order valence-corrected chi connectivity index (χ1v) is 12.6. The Kier molecular flexibility index (Phi) is 9.30. The topological polar surface area (TPSA) is 155 Å². The third kappa shape index (κ3) is 6.93. The Morgan fingerprint density at radius 2 is 2.00 bits per heavy atom. The molecule has 6 N–H and O–H groups in total. The van der Waals surface area contributed by atoms with Crippen molar-refractivity contribution in [2.75, 3.05) is 36.5 Å². The highest BCUT2D eigenvalue weighted by atomic mass is 19.2. The van der Waals surface area contributed by atoms with E-state index in [1.807, 2.05) is 36.5 Å². The molecule has 1 aliphatic heterocycles. The summed E-state index contributed by atoms with van der Waals surface area (Å²) in [7, 11) is 0. The number of benzene rings is 2. The van der Waals surface area contributed by atoms with Gasteiger partial charge in [0.2, 0.25) is 5.88 Å². The van der Waals surface area contributed by atoms with Gasteiger partial charge >= 0.3 is 6.03 Å². The van der Waals surface area contributed by atoms with Gasteiger partial charge in [0.05, 0.1) is 29.7 Å². The molecule has 0 radical (unpaired) electrons. The molecule has 0 spiro atoms. The molecule has 5 rings (SSSR count). The molecule has 2 atom stereocenters. The molecule has 2 unspecified atom stereocenters. The highest BCUT2D eigenvalue weighted by Crippen LogP contribution is 2.31. The van der Waals surface area contributed by atoms with E-state index in [2.05, 4.69) is 25.5 Å². The summed E-state index contributed by atoms with van der Waals surface area (Å²) >= 11 is 0. The van der Waals surface area contributed by atoms with Gasteiger partial charge in [-0.25, -0.2) is 18.3 Å². The van der Waals surface area contributed by atoms with Gasteiger partial charge in [-0.15, -0.1) is 5.10 Å². The summed E-state index contributed by atoms with van der Waals surface area (Å²) < 4.78 is 33.0. The summed E-state index contributed by atoms with van der Waals surface area (Å²) in [4.78, 5) is 13.4. The number of carbonyl (C=O) groups is 1. The first kappa shape index (κ1) is 28.5. The van der Waals surface area contributed by atoms with Crippen molar-refractivity contribution in [2.24, 2.45) is 5.73 Å². The van der Waals surface area contributed by atoms with Crippen molar-refractivity contribution < 1.29 is 28.5 Å². The number of anilines is 2. The molecule has 3 heterocycles. The second kappa shape index (κ2) is 13.0. The van der Waals surface area contributed by atoms with E-state index in [4.69, 9.17) is 15.6 Å². The van der Waals surface area contributed by atoms with Crippen LogP contribution in [0.4, 0.5) is 25.1 Å². The average Bonchev–Trinajstić information content (AvgIpc) is 3.71. The maximum Gasteiger partial charge on any atom is 0.317 e. The van der Waals surface area contributed by atoms with Crippen molar-refractivity contribution in [3.63, 3.8) is 0 Å². The molecule has 2 aromatic heterocycles. The molecule has 1 aliphatic rings. The summed E-state index contributed by atoms with van der Waals surface area (Å²) in [6.07, 6.45) is 3.55. The number of hydrogen-bond donors (Lipinski definition) is 5. The normalized spacial score (nSPS) is 15.3. The summed E-state index contributed by atoms with van der Waals surface area (Å²) in [6, 6.07) is 12.6. The van der Waals surface area contributed by atoms with Crippen molar-refractivity contribution in [1.82, 2.24) is 20.0 Å². The van der Waals surface area contributed by atoms with E-state index in [9.17, 15) is 18.7 Å². The number of para-hydroxylation sites is 1. The molecule has 2 amide bonds. The number of amides is 2. The summed E-state index contributed by atoms with van der Waals surface area (Å²) in [5.74, 6) is -0.694. The van der Waals surface area contributed by atoms with Gasteiger partial charge in [0.1, 0.15) is 18.5 Å². The molecule has 40 heavy (non-hydrogen) atoms. The van der Waals surface area contributed by atoms with Crippen LogP contribution in [0, 0.1) is 18.6 Å². The van der Waals surface area contributed by atoms with Crippen LogP contribution in [0.3, 0.4) is 0 Å². The fraction of sp³-hybridized carbons (Fsp3) is 0.296. The summed E-state index contributed by atoms with van der Waals surface area (Å²) in [5.41, 5.74) is 8.37. The Morgan fingerprint density at radius 3 is 2.65 bits per heavy atom. The minimum absolute atomic E-state index is 0.112. The van der Waals surface area contributed by atoms with Crippen LogP contribution in [0.1, 0.15) is 23.5 Å². The Labute approximate surface area is 229 Å². The number of nitrogens with zero attached hydrogens (tertiary/aromatic N) is 4. The minimum atomic E-state index is -1.01. The van der Waals surface area contributed by atoms with Crippen LogP contribution in [0.2, 0.25) is 0 Å². The monoisotopic (exact) mass is 555 g/mol. The predicted molar refractivity (Wildman–Crippen MR) is 145 cm³/mol. The number of H-pyrrole nitrogens is 1. The first-order chi connectivity index (χ1) is 19.3. The number of nitrogens with two attached hydrogens (primary N) is 1. The van der Waals surface area contributed by atoms with Crippen molar-refractivity contribution in [2.45, 2.75) is 25.4 Å². The largest absolute Gasteiger partial charge is 0.474 e. The number of carbonyl (C=O) groups excluding carboxylic acids is 1. The third-order valence-electron chi connectivity index (χ3n) is 6.40. The number of ether oxygens (including phenoxy) is 1. The highest BCUT2D eigenvalue weighted by Gasteiger charge is 2.25. The number of urea groups is 1. The Hall–Kier alpha value is -4.49. The van der Waals surface area contributed by atoms with Gasteiger partial charge in [-0.2, -0.15) is 5.10 Å². The fourth-order valence-corrected chi connectivity index (χ4v) is 4.31. The quantitative estimate of drug-likeness (QED) is 0.224. The van der Waals surface area contributed by atoms with E-state index in [0.717, 1.165) is 30.8 Å². The van der Waals surface area contributed by atoms with Crippen LogP contribution < -0.4 is 20.7 Å². The molecular formula is C27H31F2N7O4. The van der Waals surface area contributed by atoms with Gasteiger partial charge in [-0.05, 0) is 43.2 Å². The number of primary amides is 1. The van der Waals surface area contributed by atoms with Crippen LogP contribution >= 0.6 is 0 Å².